The van der Waals surface area contributed by atoms with Crippen molar-refractivity contribution in [1.29, 1.82) is 5.26 Å². The van der Waals surface area contributed by atoms with Crippen LogP contribution in [0.2, 0.25) is 0 Å². The van der Waals surface area contributed by atoms with Crippen LogP contribution in [0.5, 0.6) is 0 Å². The summed E-state index contributed by atoms with van der Waals surface area (Å²) in [6.45, 7) is 0. The van der Waals surface area contributed by atoms with Gasteiger partial charge in [0.05, 0.1) is 11.0 Å². The van der Waals surface area contributed by atoms with E-state index < -0.39 is 0 Å². The number of benzene rings is 1. The molecule has 0 aliphatic heterocycles. The quantitative estimate of drug-likeness (QED) is 0.533. The molecule has 1 heterocycles. The number of nitrogens with one attached hydrogen (secondary N) is 1. The SMILES string of the molecule is N#CSc1nc2ccccc2[nH]1. The van der Waals surface area contributed by atoms with E-state index >= 15 is 0 Å². The number of hydrogen-bond acceptors (Lipinski definition) is 3. The van der Waals surface area contributed by atoms with Crippen molar-refractivity contribution in [2.24, 2.45) is 0 Å². The summed E-state index contributed by atoms with van der Waals surface area (Å²) in [7, 11) is 0. The predicted molar refractivity (Wildman–Crippen MR) is 47.6 cm³/mol. The number of nitrogens with zero attached hydrogens (tertiary/aromatic N) is 2. The van der Waals surface area contributed by atoms with Crippen LogP contribution in [0.4, 0.5) is 0 Å². The molecule has 4 heteroatoms. The van der Waals surface area contributed by atoms with Gasteiger partial charge in [0.25, 0.3) is 0 Å². The van der Waals surface area contributed by atoms with Gasteiger partial charge in [-0.25, -0.2) is 4.98 Å². The Kier molecular flexibility index (Phi) is 1.72. The lowest BCUT2D eigenvalue weighted by Gasteiger charge is -1.81. The van der Waals surface area contributed by atoms with Gasteiger partial charge in [0.15, 0.2) is 5.16 Å². The molecule has 3 nitrogen and oxygen atoms in total. The molecule has 0 radical (unpaired) electrons. The minimum absolute atomic E-state index is 0.652. The highest BCUT2D eigenvalue weighted by Gasteiger charge is 2.00. The second kappa shape index (κ2) is 2.88. The highest BCUT2D eigenvalue weighted by Crippen LogP contribution is 2.17. The fourth-order valence-corrected chi connectivity index (χ4v) is 1.41. The molecular formula is C8H5N3S. The number of aromatic nitrogens is 2. The van der Waals surface area contributed by atoms with Gasteiger partial charge in [-0.1, -0.05) is 12.1 Å². The number of thiocyanates is 1. The zero-order valence-electron chi connectivity index (χ0n) is 6.11. The zero-order chi connectivity index (χ0) is 8.39. The van der Waals surface area contributed by atoms with Crippen LogP contribution in [0.3, 0.4) is 0 Å². The first kappa shape index (κ1) is 7.19. The Labute approximate surface area is 73.4 Å². The number of fused-ring (bicyclic) bond motifs is 1. The van der Waals surface area contributed by atoms with E-state index in [4.69, 9.17) is 5.26 Å². The van der Waals surface area contributed by atoms with Gasteiger partial charge >= 0.3 is 0 Å². The number of hydrogen-bond donors (Lipinski definition) is 1. The Morgan fingerprint density at radius 3 is 3.00 bits per heavy atom. The highest BCUT2D eigenvalue weighted by atomic mass is 32.2. The number of rotatable bonds is 1. The molecule has 2 rings (SSSR count). The van der Waals surface area contributed by atoms with E-state index in [9.17, 15) is 0 Å². The molecule has 0 amide bonds. The van der Waals surface area contributed by atoms with E-state index in [2.05, 4.69) is 9.97 Å². The Bertz CT molecular complexity index is 408. The topological polar surface area (TPSA) is 52.5 Å². The fraction of sp³-hybridized carbons (Fsp3) is 0. The Balaban J connectivity index is 2.56. The summed E-state index contributed by atoms with van der Waals surface area (Å²) in [6, 6.07) is 7.70. The molecule has 1 aromatic carbocycles. The summed E-state index contributed by atoms with van der Waals surface area (Å²) in [6.07, 6.45) is 0. The molecular weight excluding hydrogens is 170 g/mol. The monoisotopic (exact) mass is 175 g/mol. The lowest BCUT2D eigenvalue weighted by Crippen LogP contribution is -1.67. The molecule has 0 atom stereocenters. The van der Waals surface area contributed by atoms with Crippen molar-refractivity contribution in [3.8, 4) is 5.40 Å². The molecule has 0 saturated heterocycles. The van der Waals surface area contributed by atoms with Crippen molar-refractivity contribution in [2.75, 3.05) is 0 Å². The third kappa shape index (κ3) is 1.15. The normalized spacial score (nSPS) is 9.92. The largest absolute Gasteiger partial charge is 0.332 e. The number of H-pyrrole nitrogens is 1. The van der Waals surface area contributed by atoms with Gasteiger partial charge in [0.1, 0.15) is 5.40 Å². The molecule has 2 aromatic rings. The third-order valence-corrected chi connectivity index (χ3v) is 1.99. The smallest absolute Gasteiger partial charge is 0.181 e. The van der Waals surface area contributed by atoms with Crippen LogP contribution in [0.1, 0.15) is 0 Å². The van der Waals surface area contributed by atoms with E-state index in [-0.39, 0.29) is 0 Å². The van der Waals surface area contributed by atoms with Crippen LogP contribution < -0.4 is 0 Å². The van der Waals surface area contributed by atoms with Crippen LogP contribution in [-0.4, -0.2) is 9.97 Å². The van der Waals surface area contributed by atoms with Crippen LogP contribution >= 0.6 is 11.8 Å². The van der Waals surface area contributed by atoms with E-state index in [0.717, 1.165) is 22.8 Å². The average Bonchev–Trinajstić information content (AvgIpc) is 2.47. The summed E-state index contributed by atoms with van der Waals surface area (Å²) < 4.78 is 0. The summed E-state index contributed by atoms with van der Waals surface area (Å²) in [4.78, 5) is 7.21. The van der Waals surface area contributed by atoms with Gasteiger partial charge in [-0.15, -0.1) is 0 Å². The molecule has 0 saturated carbocycles. The van der Waals surface area contributed by atoms with Gasteiger partial charge in [-0.2, -0.15) is 5.26 Å². The number of thioether (sulfide) groups is 1. The zero-order valence-corrected chi connectivity index (χ0v) is 6.93. The number of nitriles is 1. The predicted octanol–water partition coefficient (Wildman–Crippen LogP) is 2.14. The Hall–Kier alpha value is -1.47. The molecule has 0 bridgehead atoms. The van der Waals surface area contributed by atoms with E-state index in [1.165, 1.54) is 0 Å². The van der Waals surface area contributed by atoms with E-state index in [1.807, 2.05) is 29.7 Å². The van der Waals surface area contributed by atoms with E-state index in [0.29, 0.717) is 5.16 Å². The van der Waals surface area contributed by atoms with Crippen LogP contribution in [0.15, 0.2) is 29.4 Å². The summed E-state index contributed by atoms with van der Waals surface area (Å²) in [5, 5.41) is 11.0. The first-order valence-corrected chi connectivity index (χ1v) is 4.22. The average molecular weight is 175 g/mol. The minimum Gasteiger partial charge on any atom is -0.332 e. The maximum atomic E-state index is 8.40. The Morgan fingerprint density at radius 1 is 1.42 bits per heavy atom. The van der Waals surface area contributed by atoms with Gasteiger partial charge in [0.2, 0.25) is 0 Å². The second-order valence-electron chi connectivity index (χ2n) is 2.25. The number of para-hydroxylation sites is 2. The first-order valence-electron chi connectivity index (χ1n) is 3.41. The van der Waals surface area contributed by atoms with Crippen molar-refractivity contribution in [1.82, 2.24) is 9.97 Å². The molecule has 58 valence electrons. The minimum atomic E-state index is 0.652. The maximum Gasteiger partial charge on any atom is 0.181 e. The molecule has 0 unspecified atom stereocenters. The molecule has 1 aromatic heterocycles. The molecule has 0 fully saturated rings. The van der Waals surface area contributed by atoms with Crippen molar-refractivity contribution in [3.63, 3.8) is 0 Å². The first-order chi connectivity index (χ1) is 5.90. The summed E-state index contributed by atoms with van der Waals surface area (Å²) in [5.74, 6) is 0. The molecule has 0 aliphatic rings. The summed E-state index contributed by atoms with van der Waals surface area (Å²) >= 11 is 1.04. The molecule has 12 heavy (non-hydrogen) atoms. The molecule has 1 N–H and O–H groups in total. The lowest BCUT2D eigenvalue weighted by atomic mass is 10.3. The lowest BCUT2D eigenvalue weighted by molar-refractivity contribution is 1.09. The molecule has 0 spiro atoms. The Morgan fingerprint density at radius 2 is 2.25 bits per heavy atom. The van der Waals surface area contributed by atoms with Crippen LogP contribution in [0.25, 0.3) is 11.0 Å². The van der Waals surface area contributed by atoms with Crippen molar-refractivity contribution in [2.45, 2.75) is 5.16 Å². The third-order valence-electron chi connectivity index (χ3n) is 1.51. The fourth-order valence-electron chi connectivity index (χ4n) is 1.02. The second-order valence-corrected chi connectivity index (χ2v) is 3.03. The standard InChI is InChI=1S/C8H5N3S/c9-5-12-8-10-6-3-1-2-4-7(6)11-8/h1-4H,(H,10,11). The van der Waals surface area contributed by atoms with Gasteiger partial charge in [0, 0.05) is 11.8 Å². The number of imidazole rings is 1. The van der Waals surface area contributed by atoms with Gasteiger partial charge in [-0.3, -0.25) is 0 Å². The van der Waals surface area contributed by atoms with Crippen molar-refractivity contribution in [3.05, 3.63) is 24.3 Å². The maximum absolute atomic E-state index is 8.40. The van der Waals surface area contributed by atoms with Gasteiger partial charge in [-0.05, 0) is 12.1 Å². The molecule has 0 aliphatic carbocycles. The number of aromatic amines is 1. The van der Waals surface area contributed by atoms with Crippen LogP contribution in [0, 0.1) is 10.7 Å². The van der Waals surface area contributed by atoms with Crippen molar-refractivity contribution < 1.29 is 0 Å². The van der Waals surface area contributed by atoms with Crippen molar-refractivity contribution >= 4 is 22.8 Å². The highest BCUT2D eigenvalue weighted by molar-refractivity contribution is 8.03. The van der Waals surface area contributed by atoms with Gasteiger partial charge < -0.3 is 4.98 Å². The van der Waals surface area contributed by atoms with Crippen LogP contribution in [-0.2, 0) is 0 Å². The summed E-state index contributed by atoms with van der Waals surface area (Å²) in [5.41, 5.74) is 1.87. The van der Waals surface area contributed by atoms with E-state index in [1.54, 1.807) is 0 Å².